The molecular weight excluding hydrogens is 327 g/mol. The molecule has 0 fully saturated rings. The number of amides is 1. The van der Waals surface area contributed by atoms with E-state index in [2.05, 4.69) is 5.10 Å². The molecule has 6 nitrogen and oxygen atoms in total. The largest absolute Gasteiger partial charge is 0.480 e. The van der Waals surface area contributed by atoms with E-state index in [0.717, 1.165) is 17.8 Å². The second kappa shape index (κ2) is 6.90. The SMILES string of the molecule is CC1=NN(c2ccc(C(=O)NC(CC(F)(F)F)C(=O)O)cc2)CC1. The molecule has 1 amide bonds. The van der Waals surface area contributed by atoms with Gasteiger partial charge in [0, 0.05) is 24.2 Å². The summed E-state index contributed by atoms with van der Waals surface area (Å²) in [5, 5.41) is 16.7. The summed E-state index contributed by atoms with van der Waals surface area (Å²) in [5.74, 6) is -2.61. The zero-order valence-corrected chi connectivity index (χ0v) is 12.8. The fraction of sp³-hybridized carbons (Fsp3) is 0.400. The second-order valence-electron chi connectivity index (χ2n) is 5.44. The molecule has 24 heavy (non-hydrogen) atoms. The number of rotatable bonds is 5. The Bertz CT molecular complexity index is 656. The fourth-order valence-corrected chi connectivity index (χ4v) is 2.22. The molecule has 0 saturated heterocycles. The summed E-state index contributed by atoms with van der Waals surface area (Å²) < 4.78 is 37.0. The van der Waals surface area contributed by atoms with E-state index in [9.17, 15) is 22.8 Å². The predicted octanol–water partition coefficient (Wildman–Crippen LogP) is 2.41. The molecule has 1 atom stereocenters. The van der Waals surface area contributed by atoms with E-state index in [4.69, 9.17) is 5.11 Å². The lowest BCUT2D eigenvalue weighted by atomic mass is 10.1. The molecule has 1 aromatic carbocycles. The van der Waals surface area contributed by atoms with Crippen molar-refractivity contribution in [2.75, 3.05) is 11.6 Å². The van der Waals surface area contributed by atoms with Gasteiger partial charge in [-0.15, -0.1) is 0 Å². The first kappa shape index (κ1) is 17.8. The van der Waals surface area contributed by atoms with Crippen LogP contribution < -0.4 is 10.3 Å². The molecule has 0 aliphatic carbocycles. The smallest absolute Gasteiger partial charge is 0.391 e. The van der Waals surface area contributed by atoms with Gasteiger partial charge in [-0.3, -0.25) is 9.80 Å². The maximum atomic E-state index is 12.3. The molecule has 2 N–H and O–H groups in total. The van der Waals surface area contributed by atoms with Crippen molar-refractivity contribution in [3.63, 3.8) is 0 Å². The summed E-state index contributed by atoms with van der Waals surface area (Å²) in [4.78, 5) is 22.8. The highest BCUT2D eigenvalue weighted by Gasteiger charge is 2.36. The Morgan fingerprint density at radius 3 is 2.42 bits per heavy atom. The topological polar surface area (TPSA) is 82.0 Å². The lowest BCUT2D eigenvalue weighted by Gasteiger charge is -2.17. The Labute approximate surface area is 135 Å². The quantitative estimate of drug-likeness (QED) is 0.860. The number of anilines is 1. The van der Waals surface area contributed by atoms with Crippen LogP contribution in [0.1, 0.15) is 30.1 Å². The summed E-state index contributed by atoms with van der Waals surface area (Å²) in [6, 6.07) is 4.02. The molecule has 0 spiro atoms. The van der Waals surface area contributed by atoms with E-state index in [0.29, 0.717) is 6.54 Å². The number of hydrazone groups is 1. The molecule has 0 bridgehead atoms. The molecule has 1 aromatic rings. The van der Waals surface area contributed by atoms with E-state index in [1.807, 2.05) is 12.2 Å². The van der Waals surface area contributed by atoms with Crippen LogP contribution in [0.2, 0.25) is 0 Å². The summed E-state index contributed by atoms with van der Waals surface area (Å²) in [6.45, 7) is 2.61. The second-order valence-corrected chi connectivity index (χ2v) is 5.44. The Hall–Kier alpha value is -2.58. The molecule has 0 radical (unpaired) electrons. The number of nitrogens with zero attached hydrogens (tertiary/aromatic N) is 2. The van der Waals surface area contributed by atoms with E-state index in [1.54, 1.807) is 17.1 Å². The van der Waals surface area contributed by atoms with Gasteiger partial charge in [0.05, 0.1) is 12.1 Å². The number of carbonyl (C=O) groups excluding carboxylic acids is 1. The molecule has 0 aromatic heterocycles. The van der Waals surface area contributed by atoms with Crippen molar-refractivity contribution in [2.45, 2.75) is 32.0 Å². The molecule has 1 unspecified atom stereocenters. The highest BCUT2D eigenvalue weighted by molar-refractivity contribution is 5.97. The van der Waals surface area contributed by atoms with Gasteiger partial charge in [0.15, 0.2) is 0 Å². The van der Waals surface area contributed by atoms with Crippen LogP contribution in [0.25, 0.3) is 0 Å². The third-order valence-electron chi connectivity index (χ3n) is 3.44. The van der Waals surface area contributed by atoms with Gasteiger partial charge in [-0.25, -0.2) is 4.79 Å². The average molecular weight is 343 g/mol. The third kappa shape index (κ3) is 4.71. The number of hydrogen-bond donors (Lipinski definition) is 2. The Morgan fingerprint density at radius 2 is 1.96 bits per heavy atom. The standard InChI is InChI=1S/C15H16F3N3O3/c1-9-6-7-21(20-9)11-4-2-10(3-5-11)13(22)19-12(14(23)24)8-15(16,17)18/h2-5,12H,6-8H2,1H3,(H,19,22)(H,23,24). The van der Waals surface area contributed by atoms with Crippen molar-refractivity contribution in [2.24, 2.45) is 5.10 Å². The number of carbonyl (C=O) groups is 2. The minimum absolute atomic E-state index is 0.0760. The first-order chi connectivity index (χ1) is 11.2. The molecule has 1 heterocycles. The normalized spacial score (nSPS) is 15.8. The van der Waals surface area contributed by atoms with Crippen LogP contribution in [0, 0.1) is 0 Å². The molecule has 1 aliphatic rings. The van der Waals surface area contributed by atoms with Crippen molar-refractivity contribution in [3.8, 4) is 0 Å². The van der Waals surface area contributed by atoms with E-state index in [1.165, 1.54) is 12.1 Å². The minimum Gasteiger partial charge on any atom is -0.480 e. The van der Waals surface area contributed by atoms with E-state index < -0.39 is 30.5 Å². The number of alkyl halides is 3. The van der Waals surface area contributed by atoms with Crippen molar-refractivity contribution in [1.29, 1.82) is 0 Å². The van der Waals surface area contributed by atoms with Crippen molar-refractivity contribution >= 4 is 23.3 Å². The molecule has 0 saturated carbocycles. The van der Waals surface area contributed by atoms with E-state index in [-0.39, 0.29) is 5.56 Å². The molecule has 9 heteroatoms. The third-order valence-corrected chi connectivity index (χ3v) is 3.44. The van der Waals surface area contributed by atoms with E-state index >= 15 is 0 Å². The lowest BCUT2D eigenvalue weighted by molar-refractivity contribution is -0.157. The zero-order valence-electron chi connectivity index (χ0n) is 12.8. The van der Waals surface area contributed by atoms with Crippen molar-refractivity contribution in [3.05, 3.63) is 29.8 Å². The Morgan fingerprint density at radius 1 is 1.33 bits per heavy atom. The highest BCUT2D eigenvalue weighted by Crippen LogP contribution is 2.22. The average Bonchev–Trinajstić information content (AvgIpc) is 2.92. The number of carboxylic acids is 1. The minimum atomic E-state index is -4.69. The van der Waals surface area contributed by atoms with Gasteiger partial charge in [-0.2, -0.15) is 18.3 Å². The van der Waals surface area contributed by atoms with Crippen LogP contribution in [0.4, 0.5) is 18.9 Å². The zero-order chi connectivity index (χ0) is 17.9. The number of halogens is 3. The Kier molecular flexibility index (Phi) is 5.10. The number of aliphatic carboxylic acids is 1. The number of nitrogens with one attached hydrogen (secondary N) is 1. The van der Waals surface area contributed by atoms with Gasteiger partial charge in [0.2, 0.25) is 0 Å². The predicted molar refractivity (Wildman–Crippen MR) is 81.1 cm³/mol. The van der Waals surface area contributed by atoms with Gasteiger partial charge >= 0.3 is 12.1 Å². The molecule has 130 valence electrons. The summed E-state index contributed by atoms with van der Waals surface area (Å²) >= 11 is 0. The maximum absolute atomic E-state index is 12.3. The first-order valence-corrected chi connectivity index (χ1v) is 7.18. The van der Waals surface area contributed by atoms with Crippen LogP contribution in [-0.2, 0) is 4.79 Å². The fourth-order valence-electron chi connectivity index (χ4n) is 2.22. The van der Waals surface area contributed by atoms with Crippen LogP contribution in [0.3, 0.4) is 0 Å². The number of hydrogen-bond acceptors (Lipinski definition) is 4. The van der Waals surface area contributed by atoms with Gasteiger partial charge < -0.3 is 10.4 Å². The number of carboxylic acid groups (broad SMARTS) is 1. The van der Waals surface area contributed by atoms with Crippen LogP contribution >= 0.6 is 0 Å². The van der Waals surface area contributed by atoms with Crippen LogP contribution in [0.15, 0.2) is 29.4 Å². The monoisotopic (exact) mass is 343 g/mol. The summed E-state index contributed by atoms with van der Waals surface area (Å²) in [7, 11) is 0. The summed E-state index contributed by atoms with van der Waals surface area (Å²) in [5.41, 5.74) is 1.80. The molecule has 1 aliphatic heterocycles. The molecular formula is C15H16F3N3O3. The first-order valence-electron chi connectivity index (χ1n) is 7.18. The Balaban J connectivity index is 2.05. The van der Waals surface area contributed by atoms with Crippen LogP contribution in [-0.4, -0.2) is 41.5 Å². The van der Waals surface area contributed by atoms with Gasteiger partial charge in [-0.1, -0.05) is 0 Å². The van der Waals surface area contributed by atoms with Gasteiger partial charge in [-0.05, 0) is 31.2 Å². The highest BCUT2D eigenvalue weighted by atomic mass is 19.4. The van der Waals surface area contributed by atoms with Crippen molar-refractivity contribution < 1.29 is 27.9 Å². The molecule has 2 rings (SSSR count). The van der Waals surface area contributed by atoms with Gasteiger partial charge in [0.25, 0.3) is 5.91 Å². The lowest BCUT2D eigenvalue weighted by Crippen LogP contribution is -2.43. The summed E-state index contributed by atoms with van der Waals surface area (Å²) in [6.07, 6.45) is -5.49. The van der Waals surface area contributed by atoms with Crippen molar-refractivity contribution in [1.82, 2.24) is 5.32 Å². The maximum Gasteiger partial charge on any atom is 0.391 e. The number of benzene rings is 1. The van der Waals surface area contributed by atoms with Crippen LogP contribution in [0.5, 0.6) is 0 Å². The van der Waals surface area contributed by atoms with Gasteiger partial charge in [0.1, 0.15) is 6.04 Å².